The number of carbonyl (C=O) groups is 1. The molecular weight excluding hydrogens is 370 g/mol. The summed E-state index contributed by atoms with van der Waals surface area (Å²) in [5.74, 6) is 1.50. The first kappa shape index (κ1) is 20.6. The molecule has 1 N–H and O–H groups in total. The Morgan fingerprint density at radius 3 is 2.71 bits per heavy atom. The maximum absolute atomic E-state index is 12.2. The van der Waals surface area contributed by atoms with Crippen molar-refractivity contribution in [1.29, 1.82) is 0 Å². The van der Waals surface area contributed by atoms with E-state index in [9.17, 15) is 4.79 Å². The summed E-state index contributed by atoms with van der Waals surface area (Å²) in [5.41, 5.74) is 1.96. The van der Waals surface area contributed by atoms with Gasteiger partial charge in [-0.1, -0.05) is 19.1 Å². The van der Waals surface area contributed by atoms with Gasteiger partial charge in [-0.15, -0.1) is 11.3 Å². The van der Waals surface area contributed by atoms with Crippen LogP contribution >= 0.6 is 11.3 Å². The predicted octanol–water partition coefficient (Wildman–Crippen LogP) is 4.73. The number of nitrogens with one attached hydrogen (secondary N) is 1. The van der Waals surface area contributed by atoms with Crippen LogP contribution in [-0.2, 0) is 11.3 Å². The molecule has 6 heteroatoms. The molecule has 3 rings (SSSR count). The Balaban J connectivity index is 1.54. The lowest BCUT2D eigenvalue weighted by Gasteiger charge is -2.29. The molecule has 0 bridgehead atoms. The number of aromatic nitrogens is 1. The summed E-state index contributed by atoms with van der Waals surface area (Å²) in [6.45, 7) is 10.2. The van der Waals surface area contributed by atoms with Crippen LogP contribution in [0.4, 0.5) is 5.13 Å². The van der Waals surface area contributed by atoms with Gasteiger partial charge in [-0.05, 0) is 69.5 Å². The highest BCUT2D eigenvalue weighted by molar-refractivity contribution is 7.15. The van der Waals surface area contributed by atoms with Gasteiger partial charge in [-0.3, -0.25) is 15.0 Å². The van der Waals surface area contributed by atoms with Gasteiger partial charge in [0.15, 0.2) is 5.13 Å². The summed E-state index contributed by atoms with van der Waals surface area (Å²) in [5, 5.41) is 3.55. The summed E-state index contributed by atoms with van der Waals surface area (Å²) in [7, 11) is 0. The van der Waals surface area contributed by atoms with Gasteiger partial charge < -0.3 is 4.74 Å². The van der Waals surface area contributed by atoms with E-state index in [0.717, 1.165) is 42.6 Å². The highest BCUT2D eigenvalue weighted by atomic mass is 32.1. The lowest BCUT2D eigenvalue weighted by molar-refractivity contribution is -0.111. The van der Waals surface area contributed by atoms with Gasteiger partial charge in [-0.25, -0.2) is 4.98 Å². The molecule has 0 aliphatic carbocycles. The van der Waals surface area contributed by atoms with Gasteiger partial charge in [0, 0.05) is 17.5 Å². The molecule has 0 saturated carbocycles. The Kier molecular flexibility index (Phi) is 7.23. The molecule has 0 atom stereocenters. The molecule has 1 aliphatic heterocycles. The average molecular weight is 400 g/mol. The van der Waals surface area contributed by atoms with E-state index in [-0.39, 0.29) is 5.91 Å². The molecule has 1 aliphatic rings. The molecule has 0 radical (unpaired) electrons. The van der Waals surface area contributed by atoms with Crippen LogP contribution in [0.15, 0.2) is 30.3 Å². The van der Waals surface area contributed by atoms with Crippen molar-refractivity contribution >= 4 is 28.5 Å². The number of rotatable bonds is 7. The fourth-order valence-corrected chi connectivity index (χ4v) is 4.22. The molecular formula is C22H29N3O2S. The summed E-state index contributed by atoms with van der Waals surface area (Å²) in [6, 6.07) is 7.66. The number of carbonyl (C=O) groups excluding carboxylic acids is 1. The minimum atomic E-state index is -0.166. The Morgan fingerprint density at radius 2 is 2.04 bits per heavy atom. The summed E-state index contributed by atoms with van der Waals surface area (Å²) in [6.07, 6.45) is 5.86. The molecule has 2 aromatic rings. The van der Waals surface area contributed by atoms with Crippen LogP contribution in [0.1, 0.15) is 42.8 Å². The smallest absolute Gasteiger partial charge is 0.250 e. The number of thiazole rings is 1. The zero-order valence-corrected chi connectivity index (χ0v) is 17.7. The second-order valence-electron chi connectivity index (χ2n) is 7.31. The van der Waals surface area contributed by atoms with Crippen molar-refractivity contribution in [2.75, 3.05) is 25.0 Å². The van der Waals surface area contributed by atoms with E-state index in [0.29, 0.717) is 11.7 Å². The number of likely N-dealkylation sites (tertiary alicyclic amines) is 1. The number of aryl methyl sites for hydroxylation is 1. The zero-order valence-electron chi connectivity index (χ0n) is 16.9. The van der Waals surface area contributed by atoms with E-state index in [1.165, 1.54) is 23.8 Å². The number of hydrogen-bond acceptors (Lipinski definition) is 5. The van der Waals surface area contributed by atoms with E-state index >= 15 is 0 Å². The zero-order chi connectivity index (χ0) is 19.9. The number of benzene rings is 1. The maximum Gasteiger partial charge on any atom is 0.250 e. The van der Waals surface area contributed by atoms with Crippen molar-refractivity contribution in [2.45, 2.75) is 40.2 Å². The van der Waals surface area contributed by atoms with Crippen LogP contribution < -0.4 is 10.1 Å². The molecule has 1 aromatic heterocycles. The molecule has 5 nitrogen and oxygen atoms in total. The third kappa shape index (κ3) is 5.91. The lowest BCUT2D eigenvalue weighted by atomic mass is 9.99. The molecule has 150 valence electrons. The van der Waals surface area contributed by atoms with Crippen molar-refractivity contribution in [1.82, 2.24) is 9.88 Å². The third-order valence-corrected chi connectivity index (χ3v) is 6.04. The molecule has 1 amide bonds. The summed E-state index contributed by atoms with van der Waals surface area (Å²) < 4.78 is 5.42. The van der Waals surface area contributed by atoms with Crippen molar-refractivity contribution in [3.05, 3.63) is 46.5 Å². The van der Waals surface area contributed by atoms with Gasteiger partial charge in [0.2, 0.25) is 5.91 Å². The van der Waals surface area contributed by atoms with Gasteiger partial charge >= 0.3 is 0 Å². The fraction of sp³-hybridized carbons (Fsp3) is 0.455. The Bertz CT molecular complexity index is 806. The van der Waals surface area contributed by atoms with E-state index < -0.39 is 0 Å². The van der Waals surface area contributed by atoms with Gasteiger partial charge in [0.25, 0.3) is 0 Å². The van der Waals surface area contributed by atoms with E-state index in [1.54, 1.807) is 17.4 Å². The van der Waals surface area contributed by atoms with Gasteiger partial charge in [0.05, 0.1) is 12.3 Å². The summed E-state index contributed by atoms with van der Waals surface area (Å²) in [4.78, 5) is 20.5. The number of piperidine rings is 1. The van der Waals surface area contributed by atoms with E-state index in [2.05, 4.69) is 22.1 Å². The van der Waals surface area contributed by atoms with Gasteiger partial charge in [0.1, 0.15) is 5.75 Å². The van der Waals surface area contributed by atoms with Crippen molar-refractivity contribution < 1.29 is 9.53 Å². The molecule has 0 spiro atoms. The van der Waals surface area contributed by atoms with Crippen LogP contribution in [0.25, 0.3) is 6.08 Å². The minimum Gasteiger partial charge on any atom is -0.494 e. The van der Waals surface area contributed by atoms with Crippen molar-refractivity contribution in [3.8, 4) is 5.75 Å². The van der Waals surface area contributed by atoms with Crippen LogP contribution in [0, 0.1) is 12.8 Å². The molecule has 1 saturated heterocycles. The molecule has 0 unspecified atom stereocenters. The highest BCUT2D eigenvalue weighted by Crippen LogP contribution is 2.26. The number of hydrogen-bond donors (Lipinski definition) is 1. The lowest BCUT2D eigenvalue weighted by Crippen LogP contribution is -2.32. The Labute approximate surface area is 171 Å². The largest absolute Gasteiger partial charge is 0.494 e. The second-order valence-corrected chi connectivity index (χ2v) is 8.39. The van der Waals surface area contributed by atoms with Crippen LogP contribution in [0.2, 0.25) is 0 Å². The number of nitrogens with zero attached hydrogens (tertiary/aromatic N) is 2. The van der Waals surface area contributed by atoms with E-state index in [4.69, 9.17) is 4.74 Å². The quantitative estimate of drug-likeness (QED) is 0.684. The molecule has 2 heterocycles. The number of amides is 1. The molecule has 28 heavy (non-hydrogen) atoms. The second kappa shape index (κ2) is 9.85. The first-order chi connectivity index (χ1) is 13.5. The summed E-state index contributed by atoms with van der Waals surface area (Å²) >= 11 is 1.58. The minimum absolute atomic E-state index is 0.166. The third-order valence-electron chi connectivity index (χ3n) is 4.98. The SMILES string of the molecule is CCOc1ccc(/C=C/C(=O)Nc2nc(C)c(CN3CCC(C)CC3)s2)cc1. The highest BCUT2D eigenvalue weighted by Gasteiger charge is 2.18. The molecule has 1 aromatic carbocycles. The van der Waals surface area contributed by atoms with Crippen molar-refractivity contribution in [3.63, 3.8) is 0 Å². The first-order valence-electron chi connectivity index (χ1n) is 9.94. The van der Waals surface area contributed by atoms with Gasteiger partial charge in [-0.2, -0.15) is 0 Å². The topological polar surface area (TPSA) is 54.5 Å². The van der Waals surface area contributed by atoms with E-state index in [1.807, 2.05) is 38.1 Å². The molecule has 1 fully saturated rings. The average Bonchev–Trinajstić information content (AvgIpc) is 3.02. The monoisotopic (exact) mass is 399 g/mol. The maximum atomic E-state index is 12.2. The Morgan fingerprint density at radius 1 is 1.32 bits per heavy atom. The number of ether oxygens (including phenoxy) is 1. The van der Waals surface area contributed by atoms with Crippen molar-refractivity contribution in [2.24, 2.45) is 5.92 Å². The fourth-order valence-electron chi connectivity index (χ4n) is 3.21. The normalized spacial score (nSPS) is 15.8. The first-order valence-corrected chi connectivity index (χ1v) is 10.8. The number of anilines is 1. The predicted molar refractivity (Wildman–Crippen MR) is 116 cm³/mol. The van der Waals surface area contributed by atoms with Crippen LogP contribution in [-0.4, -0.2) is 35.5 Å². The van der Waals surface area contributed by atoms with Crippen LogP contribution in [0.5, 0.6) is 5.75 Å². The standard InChI is InChI=1S/C22H29N3O2S/c1-4-27-19-8-5-18(6-9-19)7-10-21(26)24-22-23-17(3)20(28-22)15-25-13-11-16(2)12-14-25/h5-10,16H,4,11-15H2,1-3H3,(H,23,24,26)/b10-7+. The van der Waals surface area contributed by atoms with Crippen LogP contribution in [0.3, 0.4) is 0 Å². The Hall–Kier alpha value is -2.18.